The van der Waals surface area contributed by atoms with Crippen molar-refractivity contribution in [2.24, 2.45) is 5.73 Å². The minimum Gasteiger partial charge on any atom is -0.480 e. The Balaban J connectivity index is 1.85. The highest BCUT2D eigenvalue weighted by Gasteiger charge is 2.33. The third-order valence-corrected chi connectivity index (χ3v) is 6.21. The fourth-order valence-corrected chi connectivity index (χ4v) is 3.95. The minimum absolute atomic E-state index is 0.0361. The number of aromatic amines is 2. The van der Waals surface area contributed by atoms with Gasteiger partial charge < -0.3 is 47.0 Å². The van der Waals surface area contributed by atoms with Crippen molar-refractivity contribution in [3.8, 4) is 0 Å². The zero-order valence-corrected chi connectivity index (χ0v) is 21.4. The number of aromatic nitrogens is 3. The number of nitrogens with one attached hydrogen (secondary N) is 5. The van der Waals surface area contributed by atoms with Gasteiger partial charge in [0.25, 0.3) is 0 Å². The third kappa shape index (κ3) is 7.63. The van der Waals surface area contributed by atoms with Gasteiger partial charge in [-0.05, 0) is 25.5 Å². The largest absolute Gasteiger partial charge is 0.480 e. The number of benzene rings is 1. The molecular weight excluding hydrogens is 510 g/mol. The molecule has 0 aliphatic rings. The first-order valence-corrected chi connectivity index (χ1v) is 12.3. The number of nitrogens with two attached hydrogens (primary N) is 1. The van der Waals surface area contributed by atoms with Crippen LogP contribution in [0.5, 0.6) is 0 Å². The Hall–Kier alpha value is -4.27. The number of hydrogen-bond acceptors (Lipinski definition) is 8. The number of carboxylic acids is 1. The number of aliphatic hydroxyl groups excluding tert-OH is 2. The van der Waals surface area contributed by atoms with Crippen molar-refractivity contribution < 1.29 is 34.5 Å². The van der Waals surface area contributed by atoms with Crippen molar-refractivity contribution in [3.05, 3.63) is 54.2 Å². The molecule has 6 unspecified atom stereocenters. The lowest BCUT2D eigenvalue weighted by Gasteiger charge is -2.26. The number of imidazole rings is 1. The normalized spacial score (nSPS) is 15.9. The Bertz CT molecular complexity index is 1290. The number of nitrogens with zero attached hydrogens (tertiary/aromatic N) is 1. The highest BCUT2D eigenvalue weighted by Crippen LogP contribution is 2.19. The van der Waals surface area contributed by atoms with Gasteiger partial charge in [-0.25, -0.2) is 9.78 Å². The van der Waals surface area contributed by atoms with E-state index in [-0.39, 0.29) is 12.8 Å². The number of fused-ring (bicyclic) bond motifs is 1. The molecule has 1 aromatic carbocycles. The summed E-state index contributed by atoms with van der Waals surface area (Å²) in [6.45, 7) is 2.56. The van der Waals surface area contributed by atoms with Crippen LogP contribution in [0.15, 0.2) is 43.0 Å². The predicted molar refractivity (Wildman–Crippen MR) is 139 cm³/mol. The summed E-state index contributed by atoms with van der Waals surface area (Å²) in [5.74, 6) is -3.88. The average molecular weight is 544 g/mol. The minimum atomic E-state index is -1.51. The Labute approximate surface area is 223 Å². The smallest absolute Gasteiger partial charge is 0.326 e. The molecule has 0 saturated carbocycles. The molecule has 0 aliphatic carbocycles. The molecule has 3 amide bonds. The Kier molecular flexibility index (Phi) is 9.76. The molecule has 2 heterocycles. The van der Waals surface area contributed by atoms with Gasteiger partial charge in [0.05, 0.1) is 18.5 Å². The molecule has 0 radical (unpaired) electrons. The highest BCUT2D eigenvalue weighted by atomic mass is 16.4. The summed E-state index contributed by atoms with van der Waals surface area (Å²) in [5.41, 5.74) is 7.57. The van der Waals surface area contributed by atoms with Crippen LogP contribution in [0.2, 0.25) is 0 Å². The van der Waals surface area contributed by atoms with E-state index in [1.807, 2.05) is 24.3 Å². The van der Waals surface area contributed by atoms with E-state index in [9.17, 15) is 34.5 Å². The summed E-state index contributed by atoms with van der Waals surface area (Å²) in [7, 11) is 0. The standard InChI is InChI=1S/C25H33N7O7/c1-12(33)20(26)23(36)32-21(13(2)34)24(37)30-18(7-14-9-28-17-6-4-3-5-16(14)17)22(35)31-19(25(38)39)8-15-10-27-11-29-15/h3-6,9-13,18-21,28,33-34H,7-8,26H2,1-2H3,(H,27,29)(H,30,37)(H,31,35)(H,32,36)(H,38,39). The van der Waals surface area contributed by atoms with Crippen LogP contribution in [0.4, 0.5) is 0 Å². The molecule has 2 aromatic heterocycles. The number of rotatable bonds is 13. The molecule has 0 spiro atoms. The summed E-state index contributed by atoms with van der Waals surface area (Å²) in [5, 5.41) is 37.5. The van der Waals surface area contributed by atoms with Crippen LogP contribution in [0, 0.1) is 0 Å². The monoisotopic (exact) mass is 543 g/mol. The SMILES string of the molecule is CC(O)C(N)C(=O)NC(C(=O)NC(Cc1c[nH]c2ccccc12)C(=O)NC(Cc1cnc[nH]1)C(=O)O)C(C)O. The zero-order valence-electron chi connectivity index (χ0n) is 21.4. The lowest BCUT2D eigenvalue weighted by molar-refractivity contribution is -0.142. The quantitative estimate of drug-likeness (QED) is 0.119. The summed E-state index contributed by atoms with van der Waals surface area (Å²) < 4.78 is 0. The van der Waals surface area contributed by atoms with Crippen molar-refractivity contribution >= 4 is 34.6 Å². The maximum Gasteiger partial charge on any atom is 0.326 e. The van der Waals surface area contributed by atoms with Crippen molar-refractivity contribution in [1.82, 2.24) is 30.9 Å². The molecule has 14 heteroatoms. The lowest BCUT2D eigenvalue weighted by Crippen LogP contribution is -2.61. The topological polar surface area (TPSA) is 236 Å². The maximum absolute atomic E-state index is 13.4. The molecule has 0 bridgehead atoms. The molecule has 14 nitrogen and oxygen atoms in total. The summed E-state index contributed by atoms with van der Waals surface area (Å²) in [6, 6.07) is 1.80. The Morgan fingerprint density at radius 2 is 1.62 bits per heavy atom. The van der Waals surface area contributed by atoms with Gasteiger partial charge in [-0.2, -0.15) is 0 Å². The first-order chi connectivity index (χ1) is 18.5. The van der Waals surface area contributed by atoms with Crippen LogP contribution in [-0.4, -0.2) is 90.3 Å². The second kappa shape index (κ2) is 13.0. The van der Waals surface area contributed by atoms with Gasteiger partial charge in [-0.1, -0.05) is 18.2 Å². The molecule has 10 N–H and O–H groups in total. The fraction of sp³-hybridized carbons (Fsp3) is 0.400. The van der Waals surface area contributed by atoms with Crippen LogP contribution in [0.3, 0.4) is 0 Å². The predicted octanol–water partition coefficient (Wildman–Crippen LogP) is -1.70. The lowest BCUT2D eigenvalue weighted by atomic mass is 10.0. The van der Waals surface area contributed by atoms with E-state index in [1.165, 1.54) is 26.4 Å². The van der Waals surface area contributed by atoms with Gasteiger partial charge in [0.1, 0.15) is 24.2 Å². The first kappa shape index (κ1) is 29.3. The Morgan fingerprint density at radius 1 is 0.923 bits per heavy atom. The molecule has 0 aliphatic heterocycles. The van der Waals surface area contributed by atoms with Crippen molar-refractivity contribution in [3.63, 3.8) is 0 Å². The molecule has 3 rings (SSSR count). The van der Waals surface area contributed by atoms with E-state index in [4.69, 9.17) is 5.73 Å². The number of amides is 3. The van der Waals surface area contributed by atoms with Crippen molar-refractivity contribution in [2.75, 3.05) is 0 Å². The van der Waals surface area contributed by atoms with E-state index in [0.29, 0.717) is 11.3 Å². The van der Waals surface area contributed by atoms with Gasteiger partial charge in [-0.15, -0.1) is 0 Å². The number of para-hydroxylation sites is 1. The maximum atomic E-state index is 13.4. The van der Waals surface area contributed by atoms with Gasteiger partial charge >= 0.3 is 5.97 Å². The Morgan fingerprint density at radius 3 is 2.23 bits per heavy atom. The number of aliphatic carboxylic acids is 1. The summed E-state index contributed by atoms with van der Waals surface area (Å²) in [6.07, 6.45) is 1.76. The summed E-state index contributed by atoms with van der Waals surface area (Å²) >= 11 is 0. The zero-order chi connectivity index (χ0) is 28.7. The molecule has 39 heavy (non-hydrogen) atoms. The number of aliphatic hydroxyl groups is 2. The van der Waals surface area contributed by atoms with Gasteiger partial charge in [-0.3, -0.25) is 14.4 Å². The van der Waals surface area contributed by atoms with Crippen LogP contribution < -0.4 is 21.7 Å². The molecule has 210 valence electrons. The van der Waals surface area contributed by atoms with Gasteiger partial charge in [0.2, 0.25) is 17.7 Å². The van der Waals surface area contributed by atoms with Gasteiger partial charge in [0, 0.05) is 41.8 Å². The highest BCUT2D eigenvalue weighted by molar-refractivity contribution is 5.95. The van der Waals surface area contributed by atoms with E-state index >= 15 is 0 Å². The van der Waals surface area contributed by atoms with E-state index in [1.54, 1.807) is 6.20 Å². The second-order valence-electron chi connectivity index (χ2n) is 9.30. The third-order valence-electron chi connectivity index (χ3n) is 6.21. The number of carbonyl (C=O) groups excluding carboxylic acids is 3. The second-order valence-corrected chi connectivity index (χ2v) is 9.30. The van der Waals surface area contributed by atoms with Crippen LogP contribution in [0.1, 0.15) is 25.1 Å². The van der Waals surface area contributed by atoms with Gasteiger partial charge in [0.15, 0.2) is 0 Å². The van der Waals surface area contributed by atoms with Crippen LogP contribution in [0.25, 0.3) is 10.9 Å². The molecule has 3 aromatic rings. The van der Waals surface area contributed by atoms with Crippen molar-refractivity contribution in [1.29, 1.82) is 0 Å². The number of carbonyl (C=O) groups is 4. The fourth-order valence-electron chi connectivity index (χ4n) is 3.95. The van der Waals surface area contributed by atoms with E-state index in [0.717, 1.165) is 10.9 Å². The number of H-pyrrole nitrogens is 2. The van der Waals surface area contributed by atoms with E-state index in [2.05, 4.69) is 30.9 Å². The van der Waals surface area contributed by atoms with Crippen molar-refractivity contribution in [2.45, 2.75) is 63.1 Å². The number of hydrogen-bond donors (Lipinski definition) is 9. The number of carboxylic acid groups (broad SMARTS) is 1. The van der Waals surface area contributed by atoms with Crippen LogP contribution >= 0.6 is 0 Å². The molecule has 0 saturated heterocycles. The van der Waals surface area contributed by atoms with Crippen LogP contribution in [-0.2, 0) is 32.0 Å². The average Bonchev–Trinajstić information content (AvgIpc) is 3.55. The van der Waals surface area contributed by atoms with E-state index < -0.39 is 60.1 Å². The molecule has 6 atom stereocenters. The summed E-state index contributed by atoms with van der Waals surface area (Å²) in [4.78, 5) is 60.5. The first-order valence-electron chi connectivity index (χ1n) is 12.3. The molecular formula is C25H33N7O7. The molecule has 0 fully saturated rings.